The van der Waals surface area contributed by atoms with Crippen molar-refractivity contribution < 1.29 is 10.2 Å². The Labute approximate surface area is 110 Å². The van der Waals surface area contributed by atoms with E-state index in [-0.39, 0.29) is 18.9 Å². The standard InChI is InChI=1S/C14H27N2O2/c17-11-6-13-5-1-4-10-16(13)14(8-12-18)7-2-3-9-15-14/h13,17-18H,1-12H2. The first-order chi connectivity index (χ1) is 8.82. The van der Waals surface area contributed by atoms with Gasteiger partial charge in [-0.15, -0.1) is 0 Å². The lowest BCUT2D eigenvalue weighted by atomic mass is 9.87. The van der Waals surface area contributed by atoms with Gasteiger partial charge in [-0.1, -0.05) is 6.42 Å². The Kier molecular flexibility index (Phi) is 5.42. The summed E-state index contributed by atoms with van der Waals surface area (Å²) >= 11 is 0. The third kappa shape index (κ3) is 3.05. The van der Waals surface area contributed by atoms with E-state index in [4.69, 9.17) is 5.32 Å². The molecule has 2 N–H and O–H groups in total. The minimum absolute atomic E-state index is 0.132. The van der Waals surface area contributed by atoms with E-state index in [0.29, 0.717) is 6.04 Å². The molecule has 0 aliphatic carbocycles. The highest BCUT2D eigenvalue weighted by Crippen LogP contribution is 2.34. The Morgan fingerprint density at radius 3 is 2.67 bits per heavy atom. The lowest BCUT2D eigenvalue weighted by Gasteiger charge is -2.51. The van der Waals surface area contributed by atoms with Gasteiger partial charge in [0.05, 0.1) is 5.66 Å². The van der Waals surface area contributed by atoms with Gasteiger partial charge in [-0.3, -0.25) is 4.90 Å². The van der Waals surface area contributed by atoms with Crippen molar-refractivity contribution in [2.75, 3.05) is 26.3 Å². The molecule has 2 unspecified atom stereocenters. The summed E-state index contributed by atoms with van der Waals surface area (Å²) < 4.78 is 0. The van der Waals surface area contributed by atoms with Crippen molar-refractivity contribution in [3.05, 3.63) is 0 Å². The molecule has 0 saturated carbocycles. The molecule has 2 fully saturated rings. The van der Waals surface area contributed by atoms with E-state index in [9.17, 15) is 10.2 Å². The molecule has 0 bridgehead atoms. The number of hydrogen-bond acceptors (Lipinski definition) is 3. The summed E-state index contributed by atoms with van der Waals surface area (Å²) in [4.78, 5) is 2.50. The van der Waals surface area contributed by atoms with Gasteiger partial charge in [0, 0.05) is 38.8 Å². The fourth-order valence-electron chi connectivity index (χ4n) is 3.64. The third-order valence-corrected chi connectivity index (χ3v) is 4.53. The van der Waals surface area contributed by atoms with Gasteiger partial charge in [0.15, 0.2) is 0 Å². The fourth-order valence-corrected chi connectivity index (χ4v) is 3.64. The van der Waals surface area contributed by atoms with Crippen LogP contribution in [0.25, 0.3) is 0 Å². The predicted octanol–water partition coefficient (Wildman–Crippen LogP) is 1.09. The second-order valence-corrected chi connectivity index (χ2v) is 5.65. The van der Waals surface area contributed by atoms with E-state index in [0.717, 1.165) is 32.4 Å². The Hall–Kier alpha value is -0.160. The second kappa shape index (κ2) is 6.85. The SMILES string of the molecule is OCCC1CCCCN1C1(CCO)CCCC[N]1. The average molecular weight is 255 g/mol. The zero-order chi connectivity index (χ0) is 12.8. The zero-order valence-corrected chi connectivity index (χ0v) is 11.4. The number of likely N-dealkylation sites (tertiary alicyclic amines) is 1. The number of hydrogen-bond donors (Lipinski definition) is 2. The lowest BCUT2D eigenvalue weighted by molar-refractivity contribution is -0.0473. The van der Waals surface area contributed by atoms with Crippen LogP contribution in [0.4, 0.5) is 0 Å². The normalized spacial score (nSPS) is 34.7. The predicted molar refractivity (Wildman–Crippen MR) is 71.3 cm³/mol. The smallest absolute Gasteiger partial charge is 0.0897 e. The molecule has 0 aromatic heterocycles. The van der Waals surface area contributed by atoms with Crippen LogP contribution >= 0.6 is 0 Å². The van der Waals surface area contributed by atoms with Gasteiger partial charge in [-0.2, -0.15) is 0 Å². The van der Waals surface area contributed by atoms with Gasteiger partial charge in [0.25, 0.3) is 0 Å². The average Bonchev–Trinajstić information content (AvgIpc) is 2.41. The zero-order valence-electron chi connectivity index (χ0n) is 11.4. The molecule has 2 saturated heterocycles. The molecular formula is C14H27N2O2. The van der Waals surface area contributed by atoms with Crippen molar-refractivity contribution in [1.29, 1.82) is 0 Å². The maximum Gasteiger partial charge on any atom is 0.0897 e. The first kappa shape index (κ1) is 14.3. The molecule has 0 aromatic rings. The third-order valence-electron chi connectivity index (χ3n) is 4.53. The maximum absolute atomic E-state index is 9.39. The van der Waals surface area contributed by atoms with E-state index in [1.54, 1.807) is 0 Å². The molecule has 2 aliphatic rings. The molecule has 0 spiro atoms. The number of aliphatic hydroxyl groups is 2. The van der Waals surface area contributed by atoms with Gasteiger partial charge >= 0.3 is 0 Å². The Bertz CT molecular complexity index is 234. The van der Waals surface area contributed by atoms with Gasteiger partial charge < -0.3 is 10.2 Å². The molecule has 0 aromatic carbocycles. The minimum Gasteiger partial charge on any atom is -0.396 e. The van der Waals surface area contributed by atoms with Crippen LogP contribution in [0.3, 0.4) is 0 Å². The molecule has 2 rings (SSSR count). The fraction of sp³-hybridized carbons (Fsp3) is 1.00. The summed E-state index contributed by atoms with van der Waals surface area (Å²) in [6.45, 7) is 2.48. The van der Waals surface area contributed by atoms with Crippen molar-refractivity contribution in [2.45, 2.75) is 63.1 Å². The molecule has 2 aliphatic heterocycles. The minimum atomic E-state index is -0.132. The van der Waals surface area contributed by atoms with Gasteiger partial charge in [-0.05, 0) is 38.5 Å². The molecule has 105 valence electrons. The van der Waals surface area contributed by atoms with Crippen molar-refractivity contribution in [3.8, 4) is 0 Å². The van der Waals surface area contributed by atoms with Crippen LogP contribution in [0.1, 0.15) is 51.4 Å². The van der Waals surface area contributed by atoms with E-state index in [1.807, 2.05) is 0 Å². The van der Waals surface area contributed by atoms with E-state index < -0.39 is 0 Å². The second-order valence-electron chi connectivity index (χ2n) is 5.65. The van der Waals surface area contributed by atoms with Crippen molar-refractivity contribution in [3.63, 3.8) is 0 Å². The van der Waals surface area contributed by atoms with Crippen molar-refractivity contribution in [1.82, 2.24) is 10.2 Å². The Morgan fingerprint density at radius 2 is 2.00 bits per heavy atom. The van der Waals surface area contributed by atoms with Crippen LogP contribution in [0.2, 0.25) is 0 Å². The molecule has 2 heterocycles. The summed E-state index contributed by atoms with van der Waals surface area (Å²) in [5.74, 6) is 0. The van der Waals surface area contributed by atoms with Crippen LogP contribution < -0.4 is 5.32 Å². The van der Waals surface area contributed by atoms with E-state index in [1.165, 1.54) is 32.1 Å². The maximum atomic E-state index is 9.39. The van der Waals surface area contributed by atoms with Gasteiger partial charge in [0.2, 0.25) is 0 Å². The first-order valence-corrected chi connectivity index (χ1v) is 7.49. The summed E-state index contributed by atoms with van der Waals surface area (Å²) in [7, 11) is 0. The largest absolute Gasteiger partial charge is 0.396 e. The van der Waals surface area contributed by atoms with E-state index >= 15 is 0 Å². The lowest BCUT2D eigenvalue weighted by Crippen LogP contribution is -2.62. The highest BCUT2D eigenvalue weighted by atomic mass is 16.3. The van der Waals surface area contributed by atoms with Crippen LogP contribution in [0.5, 0.6) is 0 Å². The number of piperidine rings is 2. The topological polar surface area (TPSA) is 57.8 Å². The van der Waals surface area contributed by atoms with Crippen molar-refractivity contribution >= 4 is 0 Å². The molecule has 18 heavy (non-hydrogen) atoms. The monoisotopic (exact) mass is 255 g/mol. The summed E-state index contributed by atoms with van der Waals surface area (Å²) in [5, 5.41) is 23.5. The van der Waals surface area contributed by atoms with Crippen LogP contribution in [0.15, 0.2) is 0 Å². The van der Waals surface area contributed by atoms with Crippen LogP contribution in [-0.4, -0.2) is 53.1 Å². The number of aliphatic hydroxyl groups excluding tert-OH is 2. The highest BCUT2D eigenvalue weighted by Gasteiger charge is 2.42. The molecule has 2 atom stereocenters. The molecule has 1 radical (unpaired) electrons. The van der Waals surface area contributed by atoms with Gasteiger partial charge in [-0.25, -0.2) is 5.32 Å². The summed E-state index contributed by atoms with van der Waals surface area (Å²) in [6, 6.07) is 0.456. The number of rotatable bonds is 5. The summed E-state index contributed by atoms with van der Waals surface area (Å²) in [5.41, 5.74) is -0.132. The quantitative estimate of drug-likeness (QED) is 0.773. The van der Waals surface area contributed by atoms with Crippen LogP contribution in [-0.2, 0) is 0 Å². The molecular weight excluding hydrogens is 228 g/mol. The van der Waals surface area contributed by atoms with Gasteiger partial charge in [0.1, 0.15) is 0 Å². The molecule has 4 nitrogen and oxygen atoms in total. The van der Waals surface area contributed by atoms with Crippen LogP contribution in [0, 0.1) is 0 Å². The Morgan fingerprint density at radius 1 is 1.11 bits per heavy atom. The van der Waals surface area contributed by atoms with E-state index in [2.05, 4.69) is 4.90 Å². The summed E-state index contributed by atoms with van der Waals surface area (Å²) in [6.07, 6.45) is 8.74. The molecule has 4 heteroatoms. The first-order valence-electron chi connectivity index (χ1n) is 7.49. The Balaban J connectivity index is 2.10. The molecule has 0 amide bonds. The highest BCUT2D eigenvalue weighted by molar-refractivity contribution is 4.95. The number of nitrogens with zero attached hydrogens (tertiary/aromatic N) is 2. The van der Waals surface area contributed by atoms with Crippen molar-refractivity contribution in [2.24, 2.45) is 0 Å².